The van der Waals surface area contributed by atoms with Gasteiger partial charge in [-0.25, -0.2) is 0 Å². The number of rotatable bonds is 4. The van der Waals surface area contributed by atoms with Crippen LogP contribution < -0.4 is 0 Å². The first kappa shape index (κ1) is 12.1. The van der Waals surface area contributed by atoms with Crippen LogP contribution in [0.1, 0.15) is 28.9 Å². The van der Waals surface area contributed by atoms with Crippen LogP contribution in [-0.2, 0) is 0 Å². The summed E-state index contributed by atoms with van der Waals surface area (Å²) in [5.74, 6) is 0.0504. The molecule has 0 unspecified atom stereocenters. The molecule has 1 amide bonds. The van der Waals surface area contributed by atoms with Crippen molar-refractivity contribution >= 4 is 33.2 Å². The van der Waals surface area contributed by atoms with Crippen LogP contribution >= 0.6 is 27.3 Å². The first-order chi connectivity index (χ1) is 7.72. The van der Waals surface area contributed by atoms with Gasteiger partial charge in [-0.1, -0.05) is 0 Å². The van der Waals surface area contributed by atoms with Crippen molar-refractivity contribution in [1.29, 1.82) is 0 Å². The molecule has 1 aromatic heterocycles. The Kier molecular flexibility index (Phi) is 4.00. The lowest BCUT2D eigenvalue weighted by molar-refractivity contribution is 0.0530. The number of aliphatic hydroxyl groups excluding tert-OH is 1. The first-order valence-corrected chi connectivity index (χ1v) is 7.00. The van der Waals surface area contributed by atoms with E-state index < -0.39 is 0 Å². The van der Waals surface area contributed by atoms with Gasteiger partial charge >= 0.3 is 0 Å². The molecule has 5 heteroatoms. The number of hydrogen-bond donors (Lipinski definition) is 1. The molecule has 0 aromatic carbocycles. The molecule has 88 valence electrons. The number of thiophene rings is 1. The van der Waals surface area contributed by atoms with Gasteiger partial charge in [0.25, 0.3) is 5.91 Å². The van der Waals surface area contributed by atoms with Crippen molar-refractivity contribution in [3.8, 4) is 0 Å². The molecule has 0 radical (unpaired) electrons. The van der Waals surface area contributed by atoms with E-state index >= 15 is 0 Å². The summed E-state index contributed by atoms with van der Waals surface area (Å²) in [6.45, 7) is 0.480. The van der Waals surface area contributed by atoms with Gasteiger partial charge in [-0.3, -0.25) is 4.79 Å². The Morgan fingerprint density at radius 2 is 2.31 bits per heavy atom. The summed E-state index contributed by atoms with van der Waals surface area (Å²) in [6, 6.07) is 4.05. The van der Waals surface area contributed by atoms with E-state index in [2.05, 4.69) is 15.9 Å². The van der Waals surface area contributed by atoms with Crippen LogP contribution in [0.15, 0.2) is 15.9 Å². The Morgan fingerprint density at radius 1 is 1.56 bits per heavy atom. The highest BCUT2D eigenvalue weighted by atomic mass is 79.9. The molecule has 1 aliphatic carbocycles. The Bertz CT molecular complexity index is 376. The minimum atomic E-state index is 0.0365. The zero-order valence-corrected chi connectivity index (χ0v) is 11.3. The van der Waals surface area contributed by atoms with Crippen LogP contribution in [0.5, 0.6) is 0 Å². The Labute approximate surface area is 107 Å². The highest BCUT2D eigenvalue weighted by Gasteiger charge is 2.29. The van der Waals surface area contributed by atoms with Crippen LogP contribution in [0.3, 0.4) is 0 Å². The minimum absolute atomic E-state index is 0.0365. The fourth-order valence-electron chi connectivity index (χ4n) is 1.83. The van der Waals surface area contributed by atoms with Gasteiger partial charge in [0.1, 0.15) is 0 Å². The van der Waals surface area contributed by atoms with E-state index in [1.54, 1.807) is 0 Å². The highest BCUT2D eigenvalue weighted by Crippen LogP contribution is 2.29. The van der Waals surface area contributed by atoms with E-state index in [0.717, 1.165) is 21.5 Å². The molecular weight excluding hydrogens is 290 g/mol. The van der Waals surface area contributed by atoms with Gasteiger partial charge in [0, 0.05) is 12.6 Å². The summed E-state index contributed by atoms with van der Waals surface area (Å²) < 4.78 is 0.966. The smallest absolute Gasteiger partial charge is 0.264 e. The normalized spacial score (nSPS) is 15.9. The topological polar surface area (TPSA) is 40.5 Å². The average Bonchev–Trinajstić information content (AvgIpc) is 2.60. The first-order valence-electron chi connectivity index (χ1n) is 5.39. The van der Waals surface area contributed by atoms with Gasteiger partial charge in [0.05, 0.1) is 15.3 Å². The zero-order valence-electron chi connectivity index (χ0n) is 8.86. The van der Waals surface area contributed by atoms with E-state index in [1.165, 1.54) is 17.8 Å². The van der Waals surface area contributed by atoms with Crippen LogP contribution in [0.2, 0.25) is 0 Å². The van der Waals surface area contributed by atoms with Crippen molar-refractivity contribution in [3.05, 3.63) is 20.8 Å². The second-order valence-electron chi connectivity index (χ2n) is 3.91. The summed E-state index contributed by atoms with van der Waals surface area (Å²) >= 11 is 4.80. The molecular formula is C11H14BrNO2S. The fourth-order valence-corrected chi connectivity index (χ4v) is 3.17. The number of nitrogens with zero attached hydrogens (tertiary/aromatic N) is 1. The maximum Gasteiger partial charge on any atom is 0.264 e. The van der Waals surface area contributed by atoms with E-state index in [1.807, 2.05) is 17.0 Å². The minimum Gasteiger partial charge on any atom is -0.395 e. The summed E-state index contributed by atoms with van der Waals surface area (Å²) in [6.07, 6.45) is 3.32. The number of carbonyl (C=O) groups excluding carboxylic acids is 1. The third kappa shape index (κ3) is 2.47. The number of amides is 1. The molecule has 16 heavy (non-hydrogen) atoms. The molecule has 1 aliphatic rings. The Morgan fingerprint density at radius 3 is 2.75 bits per heavy atom. The lowest BCUT2D eigenvalue weighted by Crippen LogP contribution is -2.45. The second kappa shape index (κ2) is 5.29. The maximum absolute atomic E-state index is 12.2. The van der Waals surface area contributed by atoms with Crippen molar-refractivity contribution in [2.24, 2.45) is 0 Å². The Hall–Kier alpha value is -0.390. The highest BCUT2D eigenvalue weighted by molar-refractivity contribution is 9.11. The lowest BCUT2D eigenvalue weighted by Gasteiger charge is -2.37. The zero-order chi connectivity index (χ0) is 11.5. The van der Waals surface area contributed by atoms with Crippen molar-refractivity contribution < 1.29 is 9.90 Å². The van der Waals surface area contributed by atoms with Gasteiger partial charge in [-0.05, 0) is 47.3 Å². The molecule has 1 saturated carbocycles. The molecule has 0 bridgehead atoms. The predicted molar refractivity (Wildman–Crippen MR) is 67.8 cm³/mol. The molecule has 0 saturated heterocycles. The van der Waals surface area contributed by atoms with Crippen LogP contribution in [0, 0.1) is 0 Å². The fraction of sp³-hybridized carbons (Fsp3) is 0.545. The average molecular weight is 304 g/mol. The quantitative estimate of drug-likeness (QED) is 0.928. The van der Waals surface area contributed by atoms with Crippen molar-refractivity contribution in [2.45, 2.75) is 25.3 Å². The molecule has 2 rings (SSSR count). The standard InChI is InChI=1S/C11H14BrNO2S/c12-10-5-4-9(16-10)11(15)13(6-7-14)8-2-1-3-8/h4-5,8,14H,1-3,6-7H2. The molecule has 0 atom stereocenters. The number of halogens is 1. The largest absolute Gasteiger partial charge is 0.395 e. The molecule has 3 nitrogen and oxygen atoms in total. The maximum atomic E-state index is 12.2. The van der Waals surface area contributed by atoms with Gasteiger partial charge < -0.3 is 10.0 Å². The number of carbonyl (C=O) groups is 1. The lowest BCUT2D eigenvalue weighted by atomic mass is 9.91. The number of hydrogen-bond acceptors (Lipinski definition) is 3. The van der Waals surface area contributed by atoms with E-state index in [4.69, 9.17) is 5.11 Å². The third-order valence-electron chi connectivity index (χ3n) is 2.90. The summed E-state index contributed by atoms with van der Waals surface area (Å²) in [7, 11) is 0. The van der Waals surface area contributed by atoms with Crippen LogP contribution in [-0.4, -0.2) is 35.1 Å². The summed E-state index contributed by atoms with van der Waals surface area (Å²) in [5, 5.41) is 9.01. The molecule has 1 fully saturated rings. The van der Waals surface area contributed by atoms with Gasteiger partial charge in [0.2, 0.25) is 0 Å². The SMILES string of the molecule is O=C(c1ccc(Br)s1)N(CCO)C1CCC1. The van der Waals surface area contributed by atoms with E-state index in [-0.39, 0.29) is 12.5 Å². The summed E-state index contributed by atoms with van der Waals surface area (Å²) in [4.78, 5) is 14.7. The molecule has 1 N–H and O–H groups in total. The Balaban J connectivity index is 2.09. The number of aliphatic hydroxyl groups is 1. The van der Waals surface area contributed by atoms with E-state index in [9.17, 15) is 4.79 Å². The monoisotopic (exact) mass is 303 g/mol. The second-order valence-corrected chi connectivity index (χ2v) is 6.37. The molecule has 0 aliphatic heterocycles. The van der Waals surface area contributed by atoms with Gasteiger partial charge in [0.15, 0.2) is 0 Å². The van der Waals surface area contributed by atoms with Crippen molar-refractivity contribution in [1.82, 2.24) is 4.90 Å². The molecule has 1 aromatic rings. The van der Waals surface area contributed by atoms with Crippen molar-refractivity contribution in [3.63, 3.8) is 0 Å². The van der Waals surface area contributed by atoms with E-state index in [0.29, 0.717) is 12.6 Å². The third-order valence-corrected chi connectivity index (χ3v) is 4.51. The molecule has 0 spiro atoms. The van der Waals surface area contributed by atoms with Gasteiger partial charge in [-0.2, -0.15) is 0 Å². The van der Waals surface area contributed by atoms with Crippen LogP contribution in [0.25, 0.3) is 0 Å². The van der Waals surface area contributed by atoms with Crippen LogP contribution in [0.4, 0.5) is 0 Å². The molecule has 1 heterocycles. The van der Waals surface area contributed by atoms with Crippen molar-refractivity contribution in [2.75, 3.05) is 13.2 Å². The predicted octanol–water partition coefficient (Wildman–Crippen LogP) is 2.50. The summed E-state index contributed by atoms with van der Waals surface area (Å²) in [5.41, 5.74) is 0. The van der Waals surface area contributed by atoms with Gasteiger partial charge in [-0.15, -0.1) is 11.3 Å².